The fourth-order valence-corrected chi connectivity index (χ4v) is 2.34. The Labute approximate surface area is 124 Å². The molecule has 1 aromatic heterocycles. The Morgan fingerprint density at radius 3 is 2.48 bits per heavy atom. The smallest absolute Gasteiger partial charge is 0.406 e. The molecule has 0 amide bonds. The number of benzene rings is 1. The monoisotopic (exact) mass is 316 g/mol. The first-order chi connectivity index (χ1) is 9.83. The molecule has 21 heavy (non-hydrogen) atoms. The van der Waals surface area contributed by atoms with Crippen LogP contribution in [0.5, 0.6) is 5.75 Å². The molecular formula is C14H15F3N2OS. The number of thiazole rings is 1. The van der Waals surface area contributed by atoms with Crippen molar-refractivity contribution in [2.45, 2.75) is 20.2 Å². The zero-order valence-electron chi connectivity index (χ0n) is 11.6. The fourth-order valence-electron chi connectivity index (χ4n) is 1.61. The average molecular weight is 316 g/mol. The predicted molar refractivity (Wildman–Crippen MR) is 77.6 cm³/mol. The van der Waals surface area contributed by atoms with Gasteiger partial charge in [-0.3, -0.25) is 0 Å². The van der Waals surface area contributed by atoms with E-state index in [4.69, 9.17) is 0 Å². The lowest BCUT2D eigenvalue weighted by atomic mass is 10.2. The summed E-state index contributed by atoms with van der Waals surface area (Å²) in [5.41, 5.74) is 1.48. The molecule has 0 radical (unpaired) electrons. The highest BCUT2D eigenvalue weighted by Gasteiger charge is 2.30. The SMILES string of the molecule is CC(C)CNc1nc(-c2ccc(OC(F)(F)F)cc2)cs1. The van der Waals surface area contributed by atoms with Gasteiger partial charge in [0, 0.05) is 17.5 Å². The number of rotatable bonds is 5. The van der Waals surface area contributed by atoms with Gasteiger partial charge in [-0.1, -0.05) is 13.8 Å². The van der Waals surface area contributed by atoms with Crippen molar-refractivity contribution >= 4 is 16.5 Å². The molecule has 0 fully saturated rings. The second-order valence-corrected chi connectivity index (χ2v) is 5.74. The largest absolute Gasteiger partial charge is 0.573 e. The van der Waals surface area contributed by atoms with E-state index in [1.54, 1.807) is 12.1 Å². The first-order valence-corrected chi connectivity index (χ1v) is 7.27. The van der Waals surface area contributed by atoms with Crippen molar-refractivity contribution in [3.8, 4) is 17.0 Å². The van der Waals surface area contributed by atoms with Gasteiger partial charge in [0.15, 0.2) is 5.13 Å². The minimum absolute atomic E-state index is 0.236. The Balaban J connectivity index is 2.05. The molecule has 1 aromatic carbocycles. The minimum atomic E-state index is -4.67. The van der Waals surface area contributed by atoms with Crippen LogP contribution >= 0.6 is 11.3 Å². The Morgan fingerprint density at radius 2 is 1.90 bits per heavy atom. The summed E-state index contributed by atoms with van der Waals surface area (Å²) in [6.07, 6.45) is -4.67. The fraction of sp³-hybridized carbons (Fsp3) is 0.357. The third kappa shape index (κ3) is 4.93. The summed E-state index contributed by atoms with van der Waals surface area (Å²) in [6, 6.07) is 5.68. The Morgan fingerprint density at radius 1 is 1.24 bits per heavy atom. The Hall–Kier alpha value is -1.76. The van der Waals surface area contributed by atoms with E-state index in [0.717, 1.165) is 22.9 Å². The molecule has 0 saturated carbocycles. The number of alkyl halides is 3. The molecule has 114 valence electrons. The summed E-state index contributed by atoms with van der Waals surface area (Å²) in [4.78, 5) is 4.40. The minimum Gasteiger partial charge on any atom is -0.406 e. The molecule has 0 spiro atoms. The number of hydrogen-bond acceptors (Lipinski definition) is 4. The van der Waals surface area contributed by atoms with Crippen molar-refractivity contribution in [1.82, 2.24) is 4.98 Å². The zero-order chi connectivity index (χ0) is 15.5. The van der Waals surface area contributed by atoms with E-state index in [9.17, 15) is 13.2 Å². The van der Waals surface area contributed by atoms with Gasteiger partial charge < -0.3 is 10.1 Å². The number of anilines is 1. The van der Waals surface area contributed by atoms with Crippen molar-refractivity contribution in [2.75, 3.05) is 11.9 Å². The van der Waals surface area contributed by atoms with Crippen LogP contribution in [0.2, 0.25) is 0 Å². The van der Waals surface area contributed by atoms with Crippen LogP contribution in [0, 0.1) is 5.92 Å². The molecule has 3 nitrogen and oxygen atoms in total. The number of halogens is 3. The summed E-state index contributed by atoms with van der Waals surface area (Å²) >= 11 is 1.47. The second kappa shape index (κ2) is 6.34. The maximum Gasteiger partial charge on any atom is 0.573 e. The lowest BCUT2D eigenvalue weighted by Gasteiger charge is -2.08. The van der Waals surface area contributed by atoms with E-state index in [1.165, 1.54) is 23.5 Å². The molecule has 0 unspecified atom stereocenters. The summed E-state index contributed by atoms with van der Waals surface area (Å²) in [6.45, 7) is 5.02. The third-order valence-corrected chi connectivity index (χ3v) is 3.35. The maximum absolute atomic E-state index is 12.1. The van der Waals surface area contributed by atoms with Crippen LogP contribution in [0.15, 0.2) is 29.6 Å². The molecular weight excluding hydrogens is 301 g/mol. The van der Waals surface area contributed by atoms with Gasteiger partial charge in [0.05, 0.1) is 5.69 Å². The number of nitrogens with one attached hydrogen (secondary N) is 1. The Bertz CT molecular complexity index is 579. The Kier molecular flexibility index (Phi) is 4.72. The van der Waals surface area contributed by atoms with Gasteiger partial charge in [0.2, 0.25) is 0 Å². The first-order valence-electron chi connectivity index (χ1n) is 6.39. The first kappa shape index (κ1) is 15.6. The van der Waals surface area contributed by atoms with Crippen LogP contribution in [0.3, 0.4) is 0 Å². The van der Waals surface area contributed by atoms with E-state index in [2.05, 4.69) is 28.9 Å². The number of ether oxygens (including phenoxy) is 1. The highest BCUT2D eigenvalue weighted by molar-refractivity contribution is 7.14. The molecule has 0 atom stereocenters. The van der Waals surface area contributed by atoms with Crippen molar-refractivity contribution in [1.29, 1.82) is 0 Å². The van der Waals surface area contributed by atoms with Gasteiger partial charge in [-0.25, -0.2) is 4.98 Å². The van der Waals surface area contributed by atoms with Gasteiger partial charge in [-0.05, 0) is 30.2 Å². The lowest BCUT2D eigenvalue weighted by Crippen LogP contribution is -2.16. The predicted octanol–water partition coefficient (Wildman–Crippen LogP) is 4.78. The lowest BCUT2D eigenvalue weighted by molar-refractivity contribution is -0.274. The molecule has 7 heteroatoms. The van der Waals surface area contributed by atoms with E-state index >= 15 is 0 Å². The summed E-state index contributed by atoms with van der Waals surface area (Å²) in [5.74, 6) is 0.274. The number of aromatic nitrogens is 1. The summed E-state index contributed by atoms with van der Waals surface area (Å²) < 4.78 is 40.1. The number of nitrogens with zero attached hydrogens (tertiary/aromatic N) is 1. The summed E-state index contributed by atoms with van der Waals surface area (Å²) in [7, 11) is 0. The van der Waals surface area contributed by atoms with Gasteiger partial charge in [0.1, 0.15) is 5.75 Å². The third-order valence-electron chi connectivity index (χ3n) is 2.55. The second-order valence-electron chi connectivity index (χ2n) is 4.88. The molecule has 0 bridgehead atoms. The molecule has 1 heterocycles. The molecule has 0 saturated heterocycles. The van der Waals surface area contributed by atoms with E-state index in [-0.39, 0.29) is 5.75 Å². The van der Waals surface area contributed by atoms with Crippen LogP contribution in [0.25, 0.3) is 11.3 Å². The highest BCUT2D eigenvalue weighted by atomic mass is 32.1. The van der Waals surface area contributed by atoms with E-state index in [1.807, 2.05) is 5.38 Å². The van der Waals surface area contributed by atoms with Crippen LogP contribution < -0.4 is 10.1 Å². The molecule has 1 N–H and O–H groups in total. The molecule has 0 aliphatic heterocycles. The van der Waals surface area contributed by atoms with E-state index < -0.39 is 6.36 Å². The normalized spacial score (nSPS) is 11.7. The van der Waals surface area contributed by atoms with Crippen LogP contribution in [-0.4, -0.2) is 17.9 Å². The highest BCUT2D eigenvalue weighted by Crippen LogP contribution is 2.28. The summed E-state index contributed by atoms with van der Waals surface area (Å²) in [5, 5.41) is 5.87. The average Bonchev–Trinajstić information content (AvgIpc) is 2.84. The van der Waals surface area contributed by atoms with Gasteiger partial charge in [0.25, 0.3) is 0 Å². The van der Waals surface area contributed by atoms with Gasteiger partial charge in [-0.2, -0.15) is 0 Å². The van der Waals surface area contributed by atoms with Crippen LogP contribution in [0.4, 0.5) is 18.3 Å². The van der Waals surface area contributed by atoms with Gasteiger partial charge in [-0.15, -0.1) is 24.5 Å². The quantitative estimate of drug-likeness (QED) is 0.862. The van der Waals surface area contributed by atoms with Crippen LogP contribution in [0.1, 0.15) is 13.8 Å². The molecule has 2 rings (SSSR count). The number of hydrogen-bond donors (Lipinski definition) is 1. The van der Waals surface area contributed by atoms with Crippen LogP contribution in [-0.2, 0) is 0 Å². The zero-order valence-corrected chi connectivity index (χ0v) is 12.4. The standard InChI is InChI=1S/C14H15F3N2OS/c1-9(2)7-18-13-19-12(8-21-13)10-3-5-11(6-4-10)20-14(15,16)17/h3-6,8-9H,7H2,1-2H3,(H,18,19). The molecule has 2 aromatic rings. The molecule has 0 aliphatic carbocycles. The molecule has 0 aliphatic rings. The maximum atomic E-state index is 12.1. The topological polar surface area (TPSA) is 34.2 Å². The van der Waals surface area contributed by atoms with Gasteiger partial charge >= 0.3 is 6.36 Å². The van der Waals surface area contributed by atoms with Crippen molar-refractivity contribution < 1.29 is 17.9 Å². The van der Waals surface area contributed by atoms with E-state index in [0.29, 0.717) is 5.92 Å². The van der Waals surface area contributed by atoms with Crippen molar-refractivity contribution in [3.05, 3.63) is 29.6 Å². The van der Waals surface area contributed by atoms with Crippen molar-refractivity contribution in [2.24, 2.45) is 5.92 Å². The van der Waals surface area contributed by atoms with Crippen molar-refractivity contribution in [3.63, 3.8) is 0 Å².